The molecule has 32 heavy (non-hydrogen) atoms. The van der Waals surface area contributed by atoms with E-state index in [1.165, 1.54) is 53.6 Å². The highest BCUT2D eigenvalue weighted by atomic mass is 79.9. The second kappa shape index (κ2) is 8.64. The lowest BCUT2D eigenvalue weighted by Gasteiger charge is -2.19. The molecule has 2 amide bonds. The number of fused-ring (bicyclic) bond motifs is 1. The summed E-state index contributed by atoms with van der Waals surface area (Å²) in [6.45, 7) is 0. The molecule has 0 radical (unpaired) electrons. The maximum Gasteiger partial charge on any atom is 0.334 e. The lowest BCUT2D eigenvalue weighted by molar-refractivity contribution is -0.385. The average Bonchev–Trinajstić information content (AvgIpc) is 3.18. The zero-order valence-corrected chi connectivity index (χ0v) is 18.2. The molecule has 0 spiro atoms. The van der Waals surface area contributed by atoms with Crippen LogP contribution in [0.1, 0.15) is 0 Å². The number of nitrogens with one attached hydrogen (secondary N) is 1. The molecule has 1 N–H and O–H groups in total. The van der Waals surface area contributed by atoms with E-state index in [-0.39, 0.29) is 22.3 Å². The molecule has 0 atom stereocenters. The van der Waals surface area contributed by atoms with Gasteiger partial charge in [-0.25, -0.2) is 19.7 Å². The molecule has 11 nitrogen and oxygen atoms in total. The van der Waals surface area contributed by atoms with Gasteiger partial charge in [0.1, 0.15) is 5.82 Å². The molecule has 2 heterocycles. The van der Waals surface area contributed by atoms with E-state index >= 15 is 0 Å². The van der Waals surface area contributed by atoms with Gasteiger partial charge in [0.25, 0.3) is 11.4 Å². The number of pyridine rings is 1. The van der Waals surface area contributed by atoms with Gasteiger partial charge in [0.15, 0.2) is 0 Å². The molecule has 0 saturated heterocycles. The fraction of sp³-hybridized carbons (Fsp3) is 0. The number of thiazole rings is 1. The largest absolute Gasteiger partial charge is 0.334 e. The van der Waals surface area contributed by atoms with Crippen molar-refractivity contribution in [1.29, 1.82) is 0 Å². The topological polar surface area (TPSA) is 144 Å². The normalized spacial score (nSPS) is 10.7. The number of benzene rings is 2. The molecule has 0 aliphatic rings. The van der Waals surface area contributed by atoms with E-state index in [0.717, 1.165) is 11.3 Å². The first-order valence-corrected chi connectivity index (χ1v) is 10.4. The van der Waals surface area contributed by atoms with Gasteiger partial charge in [-0.15, -0.1) is 0 Å². The van der Waals surface area contributed by atoms with Gasteiger partial charge < -0.3 is 5.32 Å². The van der Waals surface area contributed by atoms with Gasteiger partial charge in [0, 0.05) is 40.6 Å². The van der Waals surface area contributed by atoms with E-state index in [2.05, 4.69) is 31.2 Å². The van der Waals surface area contributed by atoms with Crippen LogP contribution in [-0.4, -0.2) is 25.8 Å². The van der Waals surface area contributed by atoms with Crippen LogP contribution in [-0.2, 0) is 0 Å². The molecule has 0 aliphatic carbocycles. The minimum atomic E-state index is -0.609. The fourth-order valence-electron chi connectivity index (χ4n) is 2.75. The van der Waals surface area contributed by atoms with E-state index in [0.29, 0.717) is 20.4 Å². The highest BCUT2D eigenvalue weighted by Crippen LogP contribution is 2.35. The second-order valence-electron chi connectivity index (χ2n) is 6.31. The summed E-state index contributed by atoms with van der Waals surface area (Å²) in [6, 6.07) is 12.3. The Labute approximate surface area is 191 Å². The molecule has 4 rings (SSSR count). The molecule has 0 unspecified atom stereocenters. The minimum Gasteiger partial charge on any atom is -0.307 e. The van der Waals surface area contributed by atoms with Gasteiger partial charge in [0.2, 0.25) is 5.13 Å². The molecule has 0 fully saturated rings. The van der Waals surface area contributed by atoms with Crippen molar-refractivity contribution < 1.29 is 14.6 Å². The predicted molar refractivity (Wildman–Crippen MR) is 122 cm³/mol. The van der Waals surface area contributed by atoms with Crippen LogP contribution >= 0.6 is 27.3 Å². The number of rotatable bonds is 5. The highest BCUT2D eigenvalue weighted by Gasteiger charge is 2.24. The van der Waals surface area contributed by atoms with Crippen LogP contribution in [0.4, 0.5) is 32.8 Å². The average molecular weight is 515 g/mol. The Bertz CT molecular complexity index is 1340. The third kappa shape index (κ3) is 4.38. The van der Waals surface area contributed by atoms with E-state index in [1.807, 2.05) is 0 Å². The number of amides is 2. The Morgan fingerprint density at radius 3 is 2.31 bits per heavy atom. The molecular formula is C19H11BrN6O5S. The third-order valence-corrected chi connectivity index (χ3v) is 5.71. The first-order chi connectivity index (χ1) is 15.3. The van der Waals surface area contributed by atoms with Crippen LogP contribution < -0.4 is 10.2 Å². The fourth-order valence-corrected chi connectivity index (χ4v) is 3.99. The van der Waals surface area contributed by atoms with Gasteiger partial charge in [-0.3, -0.25) is 20.2 Å². The zero-order chi connectivity index (χ0) is 22.8. The molecule has 2 aromatic carbocycles. The molecule has 4 aromatic rings. The summed E-state index contributed by atoms with van der Waals surface area (Å²) in [6.07, 6.45) is 1.51. The number of urea groups is 1. The van der Waals surface area contributed by atoms with E-state index in [9.17, 15) is 25.0 Å². The Hall–Kier alpha value is -3.97. The number of nitrogens with zero attached hydrogens (tertiary/aromatic N) is 5. The Balaban J connectivity index is 1.72. The number of halogens is 1. The van der Waals surface area contributed by atoms with Crippen molar-refractivity contribution in [1.82, 2.24) is 9.97 Å². The third-order valence-electron chi connectivity index (χ3n) is 4.24. The van der Waals surface area contributed by atoms with Crippen molar-refractivity contribution in [2.24, 2.45) is 0 Å². The minimum absolute atomic E-state index is 0.0867. The van der Waals surface area contributed by atoms with Crippen molar-refractivity contribution in [3.63, 3.8) is 0 Å². The lowest BCUT2D eigenvalue weighted by Crippen LogP contribution is -2.31. The van der Waals surface area contributed by atoms with Crippen LogP contribution in [0.3, 0.4) is 0 Å². The van der Waals surface area contributed by atoms with Gasteiger partial charge in [-0.1, -0.05) is 11.3 Å². The van der Waals surface area contributed by atoms with E-state index in [4.69, 9.17) is 0 Å². The van der Waals surface area contributed by atoms with Crippen molar-refractivity contribution in [2.45, 2.75) is 0 Å². The molecule has 0 saturated carbocycles. The van der Waals surface area contributed by atoms with Crippen LogP contribution in [0, 0.1) is 20.2 Å². The number of aromatic nitrogens is 2. The molecule has 0 bridgehead atoms. The van der Waals surface area contributed by atoms with Gasteiger partial charge in [0.05, 0.1) is 20.1 Å². The van der Waals surface area contributed by atoms with Crippen molar-refractivity contribution in [3.8, 4) is 0 Å². The van der Waals surface area contributed by atoms with Crippen LogP contribution in [0.15, 0.2) is 65.3 Å². The number of carbonyl (C=O) groups excluding carboxylic acids is 1. The number of nitro benzene ring substituents is 2. The Morgan fingerprint density at radius 2 is 1.69 bits per heavy atom. The van der Waals surface area contributed by atoms with E-state index < -0.39 is 15.9 Å². The number of hydrogen-bond donors (Lipinski definition) is 1. The maximum absolute atomic E-state index is 13.2. The number of carbonyl (C=O) groups is 1. The van der Waals surface area contributed by atoms with Gasteiger partial charge >= 0.3 is 6.03 Å². The zero-order valence-electron chi connectivity index (χ0n) is 15.8. The molecular weight excluding hydrogens is 504 g/mol. The Kier molecular flexibility index (Phi) is 5.75. The van der Waals surface area contributed by atoms with Crippen LogP contribution in [0.25, 0.3) is 10.2 Å². The number of hydrogen-bond acceptors (Lipinski definition) is 8. The van der Waals surface area contributed by atoms with Crippen molar-refractivity contribution in [3.05, 3.63) is 85.5 Å². The maximum atomic E-state index is 13.2. The highest BCUT2D eigenvalue weighted by molar-refractivity contribution is 9.10. The SMILES string of the molecule is O=C(Nc1ccc([N+](=O)[O-])cc1)N(c1ccc(Br)cn1)c1nc2ccc([N+](=O)[O-])cc2s1. The molecule has 0 aliphatic heterocycles. The summed E-state index contributed by atoms with van der Waals surface area (Å²) in [5, 5.41) is 24.8. The Morgan fingerprint density at radius 1 is 1.00 bits per heavy atom. The number of anilines is 3. The van der Waals surface area contributed by atoms with Crippen LogP contribution in [0.5, 0.6) is 0 Å². The first-order valence-electron chi connectivity index (χ1n) is 8.84. The first kappa shape index (κ1) is 21.3. The number of non-ortho nitro benzene ring substituents is 2. The van der Waals surface area contributed by atoms with Crippen LogP contribution in [0.2, 0.25) is 0 Å². The van der Waals surface area contributed by atoms with E-state index in [1.54, 1.807) is 12.1 Å². The van der Waals surface area contributed by atoms with Gasteiger partial charge in [-0.2, -0.15) is 0 Å². The summed E-state index contributed by atoms with van der Waals surface area (Å²) in [5.74, 6) is 0.265. The standard InChI is InChI=1S/C19H11BrN6O5S/c20-11-1-8-17(21-10-11)24(18(27)22-12-2-4-13(5-3-12)25(28)29)19-23-15-7-6-14(26(30)31)9-16(15)32-19/h1-10H,(H,22,27). The lowest BCUT2D eigenvalue weighted by atomic mass is 10.3. The molecule has 2 aromatic heterocycles. The van der Waals surface area contributed by atoms with Crippen molar-refractivity contribution >= 4 is 71.5 Å². The summed E-state index contributed by atoms with van der Waals surface area (Å²) in [4.78, 5) is 43.9. The summed E-state index contributed by atoms with van der Waals surface area (Å²) >= 11 is 4.39. The van der Waals surface area contributed by atoms with Gasteiger partial charge in [-0.05, 0) is 46.3 Å². The summed E-state index contributed by atoms with van der Waals surface area (Å²) in [5.41, 5.74) is 0.624. The number of nitro groups is 2. The smallest absolute Gasteiger partial charge is 0.307 e. The summed E-state index contributed by atoms with van der Waals surface area (Å²) in [7, 11) is 0. The molecule has 160 valence electrons. The second-order valence-corrected chi connectivity index (χ2v) is 8.23. The monoisotopic (exact) mass is 514 g/mol. The summed E-state index contributed by atoms with van der Waals surface area (Å²) < 4.78 is 1.23. The predicted octanol–water partition coefficient (Wildman–Crippen LogP) is 5.64. The van der Waals surface area contributed by atoms with Crippen molar-refractivity contribution in [2.75, 3.05) is 10.2 Å². The quantitative estimate of drug-likeness (QED) is 0.267. The molecule has 13 heteroatoms.